The molecule has 0 saturated carbocycles. The summed E-state index contributed by atoms with van der Waals surface area (Å²) in [6, 6.07) is 7.19. The Morgan fingerprint density at radius 2 is 2.12 bits per heavy atom. The van der Waals surface area contributed by atoms with Gasteiger partial charge in [0.1, 0.15) is 12.6 Å². The molecular weight excluding hydrogens is 412 g/mol. The zero-order valence-corrected chi connectivity index (χ0v) is 18.4. The Morgan fingerprint density at radius 3 is 2.91 bits per heavy atom. The van der Waals surface area contributed by atoms with Gasteiger partial charge in [0.05, 0.1) is 19.9 Å². The lowest BCUT2D eigenvalue weighted by Crippen LogP contribution is -2.31. The summed E-state index contributed by atoms with van der Waals surface area (Å²) in [5.74, 6) is 9.65. The normalized spacial score (nSPS) is 16.9. The highest BCUT2D eigenvalue weighted by molar-refractivity contribution is 5.80. The van der Waals surface area contributed by atoms with Crippen LogP contribution in [0, 0.1) is 11.8 Å². The zero-order chi connectivity index (χ0) is 22.5. The first kappa shape index (κ1) is 21.7. The molecule has 168 valence electrons. The van der Waals surface area contributed by atoms with Crippen molar-refractivity contribution >= 4 is 6.21 Å². The highest BCUT2D eigenvalue weighted by Crippen LogP contribution is 2.49. The third-order valence-corrected chi connectivity index (χ3v) is 5.41. The second-order valence-electron chi connectivity index (χ2n) is 7.34. The molecule has 0 aromatic heterocycles. The van der Waals surface area contributed by atoms with Gasteiger partial charge in [-0.25, -0.2) is 0 Å². The van der Waals surface area contributed by atoms with Gasteiger partial charge in [0, 0.05) is 17.7 Å². The van der Waals surface area contributed by atoms with Crippen molar-refractivity contribution in [3.05, 3.63) is 41.0 Å². The van der Waals surface area contributed by atoms with Gasteiger partial charge in [-0.05, 0) is 50.2 Å². The van der Waals surface area contributed by atoms with Crippen LogP contribution in [0.3, 0.4) is 0 Å². The number of fused-ring (bicyclic) bond motifs is 2. The fraction of sp³-hybridized carbons (Fsp3) is 0.375. The Hall–Kier alpha value is -3.57. The number of hydrogen-bond acceptors (Lipinski definition) is 8. The van der Waals surface area contributed by atoms with Crippen molar-refractivity contribution in [3.63, 3.8) is 0 Å². The van der Waals surface area contributed by atoms with Gasteiger partial charge in [0.2, 0.25) is 12.5 Å². The molecule has 8 heteroatoms. The monoisotopic (exact) mass is 438 g/mol. The fourth-order valence-electron chi connectivity index (χ4n) is 3.93. The van der Waals surface area contributed by atoms with Crippen molar-refractivity contribution in [1.29, 1.82) is 0 Å². The van der Waals surface area contributed by atoms with Crippen molar-refractivity contribution in [1.82, 2.24) is 4.90 Å². The minimum Gasteiger partial charge on any atom is -0.492 e. The third-order valence-electron chi connectivity index (χ3n) is 5.41. The Balaban J connectivity index is 1.55. The first-order chi connectivity index (χ1) is 15.7. The lowest BCUT2D eigenvalue weighted by atomic mass is 9.91. The van der Waals surface area contributed by atoms with Crippen molar-refractivity contribution in [2.24, 2.45) is 5.16 Å². The lowest BCUT2D eigenvalue weighted by molar-refractivity contribution is 0.171. The number of oxime groups is 1. The molecule has 0 unspecified atom stereocenters. The molecule has 2 aliphatic rings. The number of benzene rings is 2. The quantitative estimate of drug-likeness (QED) is 0.321. The summed E-state index contributed by atoms with van der Waals surface area (Å²) in [6.07, 6.45) is 2.22. The van der Waals surface area contributed by atoms with E-state index in [1.54, 1.807) is 25.3 Å². The first-order valence-electron chi connectivity index (χ1n) is 10.4. The van der Waals surface area contributed by atoms with Crippen molar-refractivity contribution in [2.45, 2.75) is 19.4 Å². The maximum Gasteiger partial charge on any atom is 0.231 e. The molecule has 2 aromatic rings. The second kappa shape index (κ2) is 9.71. The van der Waals surface area contributed by atoms with Crippen LogP contribution < -0.4 is 23.7 Å². The van der Waals surface area contributed by atoms with E-state index in [4.69, 9.17) is 28.9 Å². The minimum atomic E-state index is -0.152. The van der Waals surface area contributed by atoms with Crippen LogP contribution in [0.1, 0.15) is 29.7 Å². The summed E-state index contributed by atoms with van der Waals surface area (Å²) in [6.45, 7) is 3.64. The SMILES string of the molecule is CCOc1cc(C=NO)ccc1OCC#C[C@@H]1c2c(cc3c(c2OC)OCO3)CCN1C. The summed E-state index contributed by atoms with van der Waals surface area (Å²) in [7, 11) is 3.68. The van der Waals surface area contributed by atoms with Crippen LogP contribution in [0.5, 0.6) is 28.7 Å². The number of hydrogen-bond donors (Lipinski definition) is 1. The van der Waals surface area contributed by atoms with Crippen molar-refractivity contribution in [2.75, 3.05) is 40.7 Å². The van der Waals surface area contributed by atoms with Gasteiger partial charge in [-0.2, -0.15) is 0 Å². The molecule has 0 fully saturated rings. The fourth-order valence-corrected chi connectivity index (χ4v) is 3.93. The predicted molar refractivity (Wildman–Crippen MR) is 118 cm³/mol. The third kappa shape index (κ3) is 4.25. The van der Waals surface area contributed by atoms with E-state index in [1.165, 1.54) is 6.21 Å². The van der Waals surface area contributed by atoms with Crippen molar-refractivity contribution < 1.29 is 28.9 Å². The molecule has 0 saturated heterocycles. The van der Waals surface area contributed by atoms with Gasteiger partial charge in [-0.3, -0.25) is 4.90 Å². The van der Waals surface area contributed by atoms with Gasteiger partial charge >= 0.3 is 0 Å². The van der Waals surface area contributed by atoms with E-state index in [2.05, 4.69) is 21.9 Å². The molecule has 2 heterocycles. The number of ether oxygens (including phenoxy) is 5. The summed E-state index contributed by atoms with van der Waals surface area (Å²) in [5, 5.41) is 11.8. The highest BCUT2D eigenvalue weighted by Gasteiger charge is 2.33. The average Bonchev–Trinajstić information content (AvgIpc) is 3.26. The van der Waals surface area contributed by atoms with Crippen LogP contribution >= 0.6 is 0 Å². The highest BCUT2D eigenvalue weighted by atomic mass is 16.7. The Kier molecular flexibility index (Phi) is 6.57. The maximum absolute atomic E-state index is 8.74. The van der Waals surface area contributed by atoms with E-state index in [1.807, 2.05) is 20.0 Å². The first-order valence-corrected chi connectivity index (χ1v) is 10.4. The van der Waals surface area contributed by atoms with E-state index in [-0.39, 0.29) is 19.4 Å². The minimum absolute atomic E-state index is 0.152. The smallest absolute Gasteiger partial charge is 0.231 e. The Morgan fingerprint density at radius 1 is 1.25 bits per heavy atom. The molecule has 0 spiro atoms. The summed E-state index contributed by atoms with van der Waals surface area (Å²) in [5.41, 5.74) is 2.88. The largest absolute Gasteiger partial charge is 0.492 e. The topological polar surface area (TPSA) is 82.0 Å². The molecule has 0 radical (unpaired) electrons. The number of nitrogens with zero attached hydrogens (tertiary/aromatic N) is 2. The van der Waals surface area contributed by atoms with E-state index in [0.29, 0.717) is 35.2 Å². The molecule has 0 bridgehead atoms. The number of likely N-dealkylation sites (N-methyl/N-ethyl adjacent to an activating group) is 1. The molecule has 1 atom stereocenters. The van der Waals surface area contributed by atoms with Crippen LogP contribution in [-0.4, -0.2) is 57.0 Å². The number of rotatable bonds is 6. The predicted octanol–water partition coefficient (Wildman–Crippen LogP) is 3.24. The Labute approximate surface area is 187 Å². The van der Waals surface area contributed by atoms with Gasteiger partial charge in [0.25, 0.3) is 0 Å². The van der Waals surface area contributed by atoms with Crippen LogP contribution in [0.4, 0.5) is 0 Å². The molecule has 0 aliphatic carbocycles. The molecule has 4 rings (SSSR count). The molecule has 0 amide bonds. The van der Waals surface area contributed by atoms with Gasteiger partial charge in [-0.1, -0.05) is 17.0 Å². The summed E-state index contributed by atoms with van der Waals surface area (Å²) >= 11 is 0. The van der Waals surface area contributed by atoms with E-state index in [9.17, 15) is 0 Å². The molecule has 8 nitrogen and oxygen atoms in total. The van der Waals surface area contributed by atoms with E-state index >= 15 is 0 Å². The maximum atomic E-state index is 8.74. The van der Waals surface area contributed by atoms with Crippen LogP contribution in [0.2, 0.25) is 0 Å². The van der Waals surface area contributed by atoms with Gasteiger partial charge in [-0.15, -0.1) is 0 Å². The van der Waals surface area contributed by atoms with Crippen molar-refractivity contribution in [3.8, 4) is 40.6 Å². The number of methoxy groups -OCH3 is 1. The molecule has 32 heavy (non-hydrogen) atoms. The van der Waals surface area contributed by atoms with Crippen LogP contribution in [0.15, 0.2) is 29.4 Å². The molecule has 2 aliphatic heterocycles. The van der Waals surface area contributed by atoms with E-state index < -0.39 is 0 Å². The molecule has 2 aromatic carbocycles. The Bertz CT molecular complexity index is 1070. The second-order valence-corrected chi connectivity index (χ2v) is 7.34. The molecule has 1 N–H and O–H groups in total. The summed E-state index contributed by atoms with van der Waals surface area (Å²) in [4.78, 5) is 2.19. The zero-order valence-electron chi connectivity index (χ0n) is 18.4. The van der Waals surface area contributed by atoms with Gasteiger partial charge in [0.15, 0.2) is 23.0 Å². The van der Waals surface area contributed by atoms with Crippen LogP contribution in [0.25, 0.3) is 0 Å². The van der Waals surface area contributed by atoms with E-state index in [0.717, 1.165) is 29.8 Å². The van der Waals surface area contributed by atoms with Gasteiger partial charge < -0.3 is 28.9 Å². The molecular formula is C24H26N2O6. The van der Waals surface area contributed by atoms with Crippen LogP contribution in [-0.2, 0) is 6.42 Å². The lowest BCUT2D eigenvalue weighted by Gasteiger charge is -2.32. The average molecular weight is 438 g/mol. The standard InChI is InChI=1S/C24H26N2O6/c1-4-29-20-12-16(14-25-27)7-8-19(20)30-11-5-6-18-22-17(9-10-26(18)2)13-21-23(24(22)28-3)32-15-31-21/h7-8,12-14,18,27H,4,9-11,15H2,1-3H3/t18-/m1/s1. The summed E-state index contributed by atoms with van der Waals surface area (Å²) < 4.78 is 28.4.